The molecule has 0 aromatic heterocycles. The van der Waals surface area contributed by atoms with Crippen molar-refractivity contribution in [1.82, 2.24) is 0 Å². The monoisotopic (exact) mass is 987 g/mol. The van der Waals surface area contributed by atoms with E-state index in [-0.39, 0.29) is 37.5 Å². The highest BCUT2D eigenvalue weighted by Crippen LogP contribution is 2.14. The van der Waals surface area contributed by atoms with Crippen LogP contribution in [0.15, 0.2) is 97.2 Å². The number of unbranched alkanes of at least 4 members (excludes halogenated alkanes) is 26. The zero-order chi connectivity index (χ0) is 51.4. The summed E-state index contributed by atoms with van der Waals surface area (Å²) in [5.74, 6) is -0.982. The average Bonchev–Trinajstić information content (AvgIpc) is 3.37. The van der Waals surface area contributed by atoms with Gasteiger partial charge in [-0.25, -0.2) is 0 Å². The maximum Gasteiger partial charge on any atom is 0.306 e. The molecule has 0 N–H and O–H groups in total. The Kier molecular flexibility index (Phi) is 55.9. The highest BCUT2D eigenvalue weighted by molar-refractivity contribution is 5.71. The van der Waals surface area contributed by atoms with Gasteiger partial charge >= 0.3 is 17.9 Å². The molecule has 6 heteroatoms. The lowest BCUT2D eigenvalue weighted by atomic mass is 10.1. The third kappa shape index (κ3) is 57.1. The molecule has 0 aromatic carbocycles. The third-order valence-electron chi connectivity index (χ3n) is 12.5. The Balaban J connectivity index is 4.50. The van der Waals surface area contributed by atoms with Crippen molar-refractivity contribution in [3.05, 3.63) is 97.2 Å². The van der Waals surface area contributed by atoms with Gasteiger partial charge in [-0.05, 0) is 122 Å². The van der Waals surface area contributed by atoms with E-state index < -0.39 is 6.10 Å². The smallest absolute Gasteiger partial charge is 0.306 e. The second kappa shape index (κ2) is 58.9. The maximum absolute atomic E-state index is 12.8. The first-order chi connectivity index (χ1) is 35.0. The molecule has 0 radical (unpaired) electrons. The first-order valence-electron chi connectivity index (χ1n) is 29.7. The lowest BCUT2D eigenvalue weighted by Crippen LogP contribution is -2.30. The van der Waals surface area contributed by atoms with E-state index in [4.69, 9.17) is 14.2 Å². The summed E-state index contributed by atoms with van der Waals surface area (Å²) in [6.45, 7) is 6.53. The van der Waals surface area contributed by atoms with Crippen molar-refractivity contribution in [1.29, 1.82) is 0 Å². The molecule has 1 atom stereocenters. The minimum atomic E-state index is -0.817. The quantitative estimate of drug-likeness (QED) is 0.0261. The van der Waals surface area contributed by atoms with Crippen molar-refractivity contribution in [3.8, 4) is 0 Å². The van der Waals surface area contributed by atoms with Gasteiger partial charge in [-0.2, -0.15) is 0 Å². The van der Waals surface area contributed by atoms with Crippen molar-refractivity contribution in [2.75, 3.05) is 13.2 Å². The summed E-state index contributed by atoms with van der Waals surface area (Å²) in [4.78, 5) is 38.2. The van der Waals surface area contributed by atoms with Gasteiger partial charge in [0.2, 0.25) is 0 Å². The number of hydrogen-bond donors (Lipinski definition) is 0. The molecule has 406 valence electrons. The number of carbonyl (C=O) groups is 3. The lowest BCUT2D eigenvalue weighted by Gasteiger charge is -2.18. The molecule has 0 saturated carbocycles. The predicted octanol–water partition coefficient (Wildman–Crippen LogP) is 20.1. The van der Waals surface area contributed by atoms with Crippen molar-refractivity contribution >= 4 is 17.9 Å². The molecule has 0 aliphatic heterocycles. The van der Waals surface area contributed by atoms with Crippen LogP contribution in [0.5, 0.6) is 0 Å². The molecule has 0 unspecified atom stereocenters. The summed E-state index contributed by atoms with van der Waals surface area (Å²) >= 11 is 0. The molecule has 0 fully saturated rings. The number of allylic oxidation sites excluding steroid dienone is 16. The van der Waals surface area contributed by atoms with Gasteiger partial charge in [0.05, 0.1) is 0 Å². The Morgan fingerprint density at radius 2 is 0.521 bits per heavy atom. The van der Waals surface area contributed by atoms with Crippen molar-refractivity contribution in [2.24, 2.45) is 0 Å². The number of hydrogen-bond acceptors (Lipinski definition) is 6. The van der Waals surface area contributed by atoms with Crippen LogP contribution in [0.25, 0.3) is 0 Å². The fraction of sp³-hybridized carbons (Fsp3) is 0.708. The van der Waals surface area contributed by atoms with Gasteiger partial charge in [0, 0.05) is 19.3 Å². The van der Waals surface area contributed by atoms with Crippen LogP contribution in [0.1, 0.15) is 278 Å². The Bertz CT molecular complexity index is 1410. The summed E-state index contributed by atoms with van der Waals surface area (Å²) in [6, 6.07) is 0. The van der Waals surface area contributed by atoms with Gasteiger partial charge in [0.25, 0.3) is 0 Å². The van der Waals surface area contributed by atoms with E-state index in [1.165, 1.54) is 141 Å². The van der Waals surface area contributed by atoms with E-state index in [0.717, 1.165) is 89.9 Å². The number of rotatable bonds is 53. The van der Waals surface area contributed by atoms with Crippen LogP contribution in [0.4, 0.5) is 0 Å². The maximum atomic E-state index is 12.8. The lowest BCUT2D eigenvalue weighted by molar-refractivity contribution is -0.167. The highest BCUT2D eigenvalue weighted by Gasteiger charge is 2.19. The molecule has 0 heterocycles. The van der Waals surface area contributed by atoms with E-state index in [2.05, 4.69) is 118 Å². The molecular weight excluding hydrogens is 877 g/mol. The van der Waals surface area contributed by atoms with Crippen LogP contribution in [0.2, 0.25) is 0 Å². The van der Waals surface area contributed by atoms with E-state index in [0.29, 0.717) is 19.3 Å². The first kappa shape index (κ1) is 67.3. The SMILES string of the molecule is CCCCC/C=C\C/C=C\C/C=C\CCCCCCC(=O)OC[C@@H](COC(=O)CCCCCCCCCCC/C=C\C/C=C\CCCCC)OC(=O)CCC/C=C\C/C=C\C/C=C\CCCCCCCC. The van der Waals surface area contributed by atoms with Crippen LogP contribution in [0.3, 0.4) is 0 Å². The van der Waals surface area contributed by atoms with Gasteiger partial charge < -0.3 is 14.2 Å². The Labute approximate surface area is 438 Å². The van der Waals surface area contributed by atoms with Crippen LogP contribution < -0.4 is 0 Å². The third-order valence-corrected chi connectivity index (χ3v) is 12.5. The van der Waals surface area contributed by atoms with E-state index >= 15 is 0 Å². The predicted molar refractivity (Wildman–Crippen MR) is 307 cm³/mol. The molecule has 71 heavy (non-hydrogen) atoms. The van der Waals surface area contributed by atoms with Gasteiger partial charge in [-0.3, -0.25) is 14.4 Å². The molecule has 0 aliphatic carbocycles. The summed E-state index contributed by atoms with van der Waals surface area (Å²) < 4.78 is 16.8. The van der Waals surface area contributed by atoms with Crippen LogP contribution in [0, 0.1) is 0 Å². The van der Waals surface area contributed by atoms with E-state index in [1.807, 2.05) is 0 Å². The van der Waals surface area contributed by atoms with Crippen molar-refractivity contribution in [2.45, 2.75) is 284 Å². The van der Waals surface area contributed by atoms with Gasteiger partial charge in [-0.1, -0.05) is 234 Å². The minimum Gasteiger partial charge on any atom is -0.462 e. The molecule has 0 aliphatic rings. The van der Waals surface area contributed by atoms with Gasteiger partial charge in [0.15, 0.2) is 6.10 Å². The Hall–Kier alpha value is -3.67. The standard InChI is InChI=1S/C65H110O6/c1-4-7-10-13-16-19-22-25-28-31-32-35-37-40-43-46-49-52-55-58-64(67)70-61-62(71-65(68)59-56-53-50-47-44-41-38-34-30-27-24-21-18-15-12-9-6-3)60-69-63(66)57-54-51-48-45-42-39-36-33-29-26-23-20-17-14-11-8-5-2/h16-17,19-20,25-30,36,38-39,41,47,50,62H,4-15,18,21-24,31-35,37,40,42-46,48-49,51-61H2,1-3H3/b19-16-,20-17-,28-25-,29-26-,30-27-,39-36-,41-38-,50-47-/t62-/m0/s1. The van der Waals surface area contributed by atoms with Crippen LogP contribution >= 0.6 is 0 Å². The van der Waals surface area contributed by atoms with Crippen molar-refractivity contribution in [3.63, 3.8) is 0 Å². The number of carbonyl (C=O) groups excluding carboxylic acids is 3. The van der Waals surface area contributed by atoms with Crippen molar-refractivity contribution < 1.29 is 28.6 Å². The average molecular weight is 988 g/mol. The second-order valence-corrected chi connectivity index (χ2v) is 19.5. The molecule has 6 nitrogen and oxygen atoms in total. The summed E-state index contributed by atoms with van der Waals surface area (Å²) in [5.41, 5.74) is 0. The summed E-state index contributed by atoms with van der Waals surface area (Å²) in [5, 5.41) is 0. The number of esters is 3. The van der Waals surface area contributed by atoms with Crippen LogP contribution in [-0.4, -0.2) is 37.2 Å². The molecule has 0 amide bonds. The molecule has 0 saturated heterocycles. The zero-order valence-electron chi connectivity index (χ0n) is 46.5. The second-order valence-electron chi connectivity index (χ2n) is 19.5. The molecule has 0 rings (SSSR count). The topological polar surface area (TPSA) is 78.9 Å². The van der Waals surface area contributed by atoms with Gasteiger partial charge in [0.1, 0.15) is 13.2 Å². The summed E-state index contributed by atoms with van der Waals surface area (Å²) in [6.07, 6.45) is 78.3. The number of ether oxygens (including phenoxy) is 3. The molecule has 0 spiro atoms. The molecular formula is C65H110O6. The molecule has 0 aromatic rings. The Morgan fingerprint density at radius 1 is 0.282 bits per heavy atom. The fourth-order valence-electron chi connectivity index (χ4n) is 8.02. The van der Waals surface area contributed by atoms with Crippen LogP contribution in [-0.2, 0) is 28.6 Å². The van der Waals surface area contributed by atoms with E-state index in [1.54, 1.807) is 0 Å². The van der Waals surface area contributed by atoms with E-state index in [9.17, 15) is 14.4 Å². The summed E-state index contributed by atoms with van der Waals surface area (Å²) in [7, 11) is 0. The zero-order valence-corrected chi connectivity index (χ0v) is 46.5. The molecule has 0 bridgehead atoms. The first-order valence-corrected chi connectivity index (χ1v) is 29.7. The van der Waals surface area contributed by atoms with Gasteiger partial charge in [-0.15, -0.1) is 0 Å². The largest absolute Gasteiger partial charge is 0.462 e. The minimum absolute atomic E-state index is 0.107. The highest BCUT2D eigenvalue weighted by atomic mass is 16.6. The Morgan fingerprint density at radius 3 is 0.859 bits per heavy atom. The normalized spacial score (nSPS) is 12.8. The fourth-order valence-corrected chi connectivity index (χ4v) is 8.02.